The Morgan fingerprint density at radius 2 is 2.00 bits per heavy atom. The first-order valence-corrected chi connectivity index (χ1v) is 9.28. The highest BCUT2D eigenvalue weighted by Gasteiger charge is 2.27. The fraction of sp³-hybridized carbons (Fsp3) is 0.579. The number of rotatable bonds is 4. The van der Waals surface area contributed by atoms with Crippen LogP contribution in [-0.2, 0) is 9.59 Å². The predicted molar refractivity (Wildman–Crippen MR) is 104 cm³/mol. The number of piperazine rings is 1. The quantitative estimate of drug-likeness (QED) is 0.803. The second-order valence-electron chi connectivity index (χ2n) is 7.09. The van der Waals surface area contributed by atoms with E-state index < -0.39 is 0 Å². The van der Waals surface area contributed by atoms with Crippen LogP contribution in [0.25, 0.3) is 0 Å². The van der Waals surface area contributed by atoms with Crippen LogP contribution in [0.4, 0.5) is 4.39 Å². The number of likely N-dealkylation sites (tertiary alicyclic amines) is 1. The average Bonchev–Trinajstić information content (AvgIpc) is 2.62. The number of benzene rings is 1. The maximum atomic E-state index is 13.6. The predicted octanol–water partition coefficient (Wildman–Crippen LogP) is 1.32. The van der Waals surface area contributed by atoms with Crippen LogP contribution < -0.4 is 10.6 Å². The molecular weight excluding hydrogens is 371 g/mol. The molecule has 2 aliphatic heterocycles. The van der Waals surface area contributed by atoms with Gasteiger partial charge in [-0.1, -0.05) is 12.1 Å². The maximum Gasteiger partial charge on any atom is 0.234 e. The molecule has 2 fully saturated rings. The van der Waals surface area contributed by atoms with Crippen LogP contribution in [0.1, 0.15) is 31.4 Å². The summed E-state index contributed by atoms with van der Waals surface area (Å²) in [5.74, 6) is -0.169. The van der Waals surface area contributed by atoms with Gasteiger partial charge in [0, 0.05) is 51.7 Å². The lowest BCUT2D eigenvalue weighted by Crippen LogP contribution is -2.52. The third-order valence-electron chi connectivity index (χ3n) is 5.24. The summed E-state index contributed by atoms with van der Waals surface area (Å²) in [6, 6.07) is 6.70. The first-order chi connectivity index (χ1) is 12.5. The molecule has 2 N–H and O–H groups in total. The van der Waals surface area contributed by atoms with Crippen molar-refractivity contribution in [2.24, 2.45) is 0 Å². The molecule has 150 valence electrons. The van der Waals surface area contributed by atoms with Crippen LogP contribution in [0.15, 0.2) is 24.3 Å². The van der Waals surface area contributed by atoms with Gasteiger partial charge >= 0.3 is 0 Å². The number of hydrogen-bond donors (Lipinski definition) is 2. The molecule has 1 unspecified atom stereocenters. The van der Waals surface area contributed by atoms with Crippen molar-refractivity contribution in [3.8, 4) is 0 Å². The van der Waals surface area contributed by atoms with Gasteiger partial charge in [-0.05, 0) is 30.5 Å². The number of amides is 2. The second-order valence-corrected chi connectivity index (χ2v) is 7.09. The molecule has 1 aromatic rings. The van der Waals surface area contributed by atoms with E-state index in [0.717, 1.165) is 31.5 Å². The van der Waals surface area contributed by atoms with Gasteiger partial charge in [-0.3, -0.25) is 14.5 Å². The van der Waals surface area contributed by atoms with E-state index in [1.807, 2.05) is 11.0 Å². The molecule has 0 aromatic heterocycles. The SMILES string of the molecule is CC(=O)N1CCC(NC(=O)CN2CCNCC2c2cccc(F)c2)CC1.Cl. The molecule has 0 saturated carbocycles. The molecule has 1 atom stereocenters. The zero-order chi connectivity index (χ0) is 18.5. The Balaban J connectivity index is 0.00000261. The van der Waals surface area contributed by atoms with Gasteiger partial charge in [-0.25, -0.2) is 4.39 Å². The van der Waals surface area contributed by atoms with Crippen molar-refractivity contribution in [3.05, 3.63) is 35.6 Å². The van der Waals surface area contributed by atoms with E-state index in [4.69, 9.17) is 0 Å². The zero-order valence-electron chi connectivity index (χ0n) is 15.6. The number of halogens is 2. The van der Waals surface area contributed by atoms with E-state index in [2.05, 4.69) is 15.5 Å². The fourth-order valence-electron chi connectivity index (χ4n) is 3.77. The number of hydrogen-bond acceptors (Lipinski definition) is 4. The standard InChI is InChI=1S/C19H27FN4O2.ClH/c1-14(25)23-8-5-17(6-9-23)22-19(26)13-24-10-7-21-12-18(24)15-3-2-4-16(20)11-15;/h2-4,11,17-18,21H,5-10,12-13H2,1H3,(H,22,26);1H. The zero-order valence-corrected chi connectivity index (χ0v) is 16.4. The van der Waals surface area contributed by atoms with Gasteiger partial charge in [-0.15, -0.1) is 12.4 Å². The lowest BCUT2D eigenvalue weighted by Gasteiger charge is -2.37. The number of nitrogens with zero attached hydrogens (tertiary/aromatic N) is 2. The Kier molecular flexibility index (Phi) is 8.01. The first-order valence-electron chi connectivity index (χ1n) is 9.28. The van der Waals surface area contributed by atoms with E-state index in [0.29, 0.717) is 26.2 Å². The Morgan fingerprint density at radius 1 is 1.26 bits per heavy atom. The molecule has 0 spiro atoms. The molecular formula is C19H28ClFN4O2. The highest BCUT2D eigenvalue weighted by molar-refractivity contribution is 5.85. The molecule has 0 radical (unpaired) electrons. The Hall–Kier alpha value is -1.70. The second kappa shape index (κ2) is 10.0. The summed E-state index contributed by atoms with van der Waals surface area (Å²) < 4.78 is 13.6. The highest BCUT2D eigenvalue weighted by Crippen LogP contribution is 2.22. The van der Waals surface area contributed by atoms with Crippen LogP contribution >= 0.6 is 12.4 Å². The summed E-state index contributed by atoms with van der Waals surface area (Å²) in [5, 5.41) is 6.42. The monoisotopic (exact) mass is 398 g/mol. The van der Waals surface area contributed by atoms with Crippen molar-refractivity contribution in [1.82, 2.24) is 20.4 Å². The summed E-state index contributed by atoms with van der Waals surface area (Å²) in [7, 11) is 0. The molecule has 6 nitrogen and oxygen atoms in total. The van der Waals surface area contributed by atoms with Crippen molar-refractivity contribution >= 4 is 24.2 Å². The molecule has 2 saturated heterocycles. The molecule has 8 heteroatoms. The minimum Gasteiger partial charge on any atom is -0.352 e. The van der Waals surface area contributed by atoms with Crippen molar-refractivity contribution in [1.29, 1.82) is 0 Å². The summed E-state index contributed by atoms with van der Waals surface area (Å²) in [5.41, 5.74) is 0.889. The lowest BCUT2D eigenvalue weighted by atomic mass is 10.0. The summed E-state index contributed by atoms with van der Waals surface area (Å²) in [4.78, 5) is 27.8. The smallest absolute Gasteiger partial charge is 0.234 e. The minimum absolute atomic E-state index is 0. The number of carbonyl (C=O) groups excluding carboxylic acids is 2. The van der Waals surface area contributed by atoms with Crippen molar-refractivity contribution in [2.45, 2.75) is 31.8 Å². The van der Waals surface area contributed by atoms with E-state index in [9.17, 15) is 14.0 Å². The number of nitrogens with one attached hydrogen (secondary N) is 2. The lowest BCUT2D eigenvalue weighted by molar-refractivity contribution is -0.130. The number of carbonyl (C=O) groups is 2. The molecule has 2 heterocycles. The molecule has 0 aliphatic carbocycles. The van der Waals surface area contributed by atoms with Crippen LogP contribution in [0, 0.1) is 5.82 Å². The summed E-state index contributed by atoms with van der Waals surface area (Å²) >= 11 is 0. The molecule has 3 rings (SSSR count). The normalized spacial score (nSPS) is 21.4. The third-order valence-corrected chi connectivity index (χ3v) is 5.24. The van der Waals surface area contributed by atoms with Gasteiger partial charge in [-0.2, -0.15) is 0 Å². The van der Waals surface area contributed by atoms with E-state index in [1.54, 1.807) is 19.1 Å². The topological polar surface area (TPSA) is 64.7 Å². The van der Waals surface area contributed by atoms with E-state index >= 15 is 0 Å². The molecule has 27 heavy (non-hydrogen) atoms. The van der Waals surface area contributed by atoms with Crippen LogP contribution in [0.5, 0.6) is 0 Å². The van der Waals surface area contributed by atoms with E-state index in [1.165, 1.54) is 6.07 Å². The number of piperidine rings is 1. The maximum absolute atomic E-state index is 13.6. The average molecular weight is 399 g/mol. The largest absolute Gasteiger partial charge is 0.352 e. The molecule has 2 amide bonds. The highest BCUT2D eigenvalue weighted by atomic mass is 35.5. The summed E-state index contributed by atoms with van der Waals surface area (Å²) in [6.07, 6.45) is 1.58. The molecule has 0 bridgehead atoms. The van der Waals surface area contributed by atoms with Crippen LogP contribution in [-0.4, -0.2) is 66.9 Å². The Morgan fingerprint density at radius 3 is 2.67 bits per heavy atom. The van der Waals surface area contributed by atoms with Crippen molar-refractivity contribution in [2.75, 3.05) is 39.3 Å². The van der Waals surface area contributed by atoms with Gasteiger partial charge < -0.3 is 15.5 Å². The van der Waals surface area contributed by atoms with Gasteiger partial charge in [0.15, 0.2) is 0 Å². The third kappa shape index (κ3) is 5.89. The van der Waals surface area contributed by atoms with Gasteiger partial charge in [0.25, 0.3) is 0 Å². The van der Waals surface area contributed by atoms with Gasteiger partial charge in [0.05, 0.1) is 6.54 Å². The first kappa shape index (κ1) is 21.6. The summed E-state index contributed by atoms with van der Waals surface area (Å²) in [6.45, 7) is 5.53. The molecule has 2 aliphatic rings. The van der Waals surface area contributed by atoms with Crippen LogP contribution in [0.3, 0.4) is 0 Å². The minimum atomic E-state index is -0.255. The Labute approximate surface area is 165 Å². The van der Waals surface area contributed by atoms with E-state index in [-0.39, 0.29) is 42.1 Å². The van der Waals surface area contributed by atoms with Gasteiger partial charge in [0.2, 0.25) is 11.8 Å². The van der Waals surface area contributed by atoms with Crippen molar-refractivity contribution < 1.29 is 14.0 Å². The molecule has 1 aromatic carbocycles. The van der Waals surface area contributed by atoms with Gasteiger partial charge in [0.1, 0.15) is 5.82 Å². The van der Waals surface area contributed by atoms with Crippen molar-refractivity contribution in [3.63, 3.8) is 0 Å². The Bertz CT molecular complexity index is 652. The fourth-order valence-corrected chi connectivity index (χ4v) is 3.77. The van der Waals surface area contributed by atoms with Crippen LogP contribution in [0.2, 0.25) is 0 Å².